The Kier molecular flexibility index (Phi) is 9.98. The summed E-state index contributed by atoms with van der Waals surface area (Å²) in [5, 5.41) is 12.8. The van der Waals surface area contributed by atoms with Crippen LogP contribution in [0.25, 0.3) is 38.6 Å². The Morgan fingerprint density at radius 2 is 1.81 bits per heavy atom. The monoisotopic (exact) mass is 800 g/mol. The largest absolute Gasteiger partial charge is 0.481 e. The highest BCUT2D eigenvalue weighted by Gasteiger charge is 2.48. The number of rotatable bonds is 12. The number of nitrogens with one attached hydrogen (secondary N) is 1. The summed E-state index contributed by atoms with van der Waals surface area (Å²) < 4.78 is 61.6. The summed E-state index contributed by atoms with van der Waals surface area (Å²) in [6.07, 6.45) is 4.66. The van der Waals surface area contributed by atoms with Crippen LogP contribution < -0.4 is 14.4 Å². The number of likely N-dealkylation sites (tertiary alicyclic amines) is 2. The molecule has 0 radical (unpaired) electrons. The number of anilines is 1. The first-order valence-corrected chi connectivity index (χ1v) is 20.0. The maximum Gasteiger partial charge on any atom is 0.422 e. The van der Waals surface area contributed by atoms with Gasteiger partial charge in [-0.05, 0) is 80.2 Å². The average Bonchev–Trinajstić information content (AvgIpc) is 3.67. The lowest BCUT2D eigenvalue weighted by molar-refractivity contribution is -0.153. The third-order valence-electron chi connectivity index (χ3n) is 12.2. The number of hydrogen-bond acceptors (Lipinski definition) is 11. The standard InChI is InChI=1S/C41H47F3N10O4/c1-25-4-7-32-31(19-46-50-32)33(25)34-29(27-5-6-27)18-30-35(36(34)57-22-41(42,43)44)48-39(58-28-8-12-51(13-9-28)16-17-56-3)49-37(30)52-14-10-40(11-15-52)20-53(21-40)38(55)26(2)54-24-45-23-47-54/h4,7,18-19,23-24,27-28H,2,5-6,8-17,20-22H2,1,3H3,(H,46,50). The molecule has 9 rings (SSSR count). The van der Waals surface area contributed by atoms with E-state index in [0.717, 1.165) is 85.8 Å². The lowest BCUT2D eigenvalue weighted by Gasteiger charge is -2.54. The molecule has 1 saturated carbocycles. The lowest BCUT2D eigenvalue weighted by Crippen LogP contribution is -2.62. The van der Waals surface area contributed by atoms with E-state index in [-0.39, 0.29) is 46.3 Å². The SMILES string of the molecule is C=C(C(=O)N1CC2(CCN(c3nc(OC4CCN(CCOC)CC4)nc4c(OCC(F)(F)F)c(-c5c(C)ccc6[nH]ncc56)c(C5CC5)cc34)CC2)C1)n1cncn1. The molecule has 1 amide bonds. The van der Waals surface area contributed by atoms with Gasteiger partial charge in [-0.25, -0.2) is 9.67 Å². The minimum atomic E-state index is -4.59. The van der Waals surface area contributed by atoms with E-state index in [4.69, 9.17) is 24.2 Å². The maximum absolute atomic E-state index is 14.1. The van der Waals surface area contributed by atoms with Crippen molar-refractivity contribution in [3.63, 3.8) is 0 Å². The maximum atomic E-state index is 14.1. The van der Waals surface area contributed by atoms with Crippen LogP contribution in [0.3, 0.4) is 0 Å². The van der Waals surface area contributed by atoms with Gasteiger partial charge >= 0.3 is 12.2 Å². The molecule has 6 heterocycles. The third kappa shape index (κ3) is 7.45. The van der Waals surface area contributed by atoms with Gasteiger partial charge < -0.3 is 28.9 Å². The summed E-state index contributed by atoms with van der Waals surface area (Å²) in [6.45, 7) is 9.95. The number of hydrogen-bond donors (Lipinski definition) is 1. The molecule has 0 atom stereocenters. The van der Waals surface area contributed by atoms with Crippen LogP contribution in [-0.4, -0.2) is 129 Å². The topological polar surface area (TPSA) is 140 Å². The molecule has 5 aromatic rings. The predicted octanol–water partition coefficient (Wildman–Crippen LogP) is 5.98. The van der Waals surface area contributed by atoms with Gasteiger partial charge in [0.2, 0.25) is 0 Å². The van der Waals surface area contributed by atoms with Crippen LogP contribution in [0.5, 0.6) is 11.8 Å². The predicted molar refractivity (Wildman–Crippen MR) is 211 cm³/mol. The molecule has 4 fully saturated rings. The second kappa shape index (κ2) is 15.1. The molecule has 3 saturated heterocycles. The summed E-state index contributed by atoms with van der Waals surface area (Å²) in [5.74, 6) is 0.646. The van der Waals surface area contributed by atoms with Crippen molar-refractivity contribution >= 4 is 39.2 Å². The number of fused-ring (bicyclic) bond motifs is 2. The van der Waals surface area contributed by atoms with Gasteiger partial charge in [-0.15, -0.1) is 0 Å². The molecule has 3 aliphatic heterocycles. The highest BCUT2D eigenvalue weighted by atomic mass is 19.4. The van der Waals surface area contributed by atoms with E-state index in [1.807, 2.05) is 19.1 Å². The second-order valence-electron chi connectivity index (χ2n) is 16.2. The van der Waals surface area contributed by atoms with E-state index in [1.165, 1.54) is 17.3 Å². The van der Waals surface area contributed by atoms with Gasteiger partial charge in [0.15, 0.2) is 12.4 Å². The minimum absolute atomic E-state index is 0.0676. The van der Waals surface area contributed by atoms with Gasteiger partial charge in [0.05, 0.1) is 18.3 Å². The summed E-state index contributed by atoms with van der Waals surface area (Å²) in [6, 6.07) is 6.07. The Morgan fingerprint density at radius 3 is 2.50 bits per heavy atom. The van der Waals surface area contributed by atoms with Crippen LogP contribution in [0, 0.1) is 12.3 Å². The van der Waals surface area contributed by atoms with E-state index in [2.05, 4.69) is 42.7 Å². The van der Waals surface area contributed by atoms with Crippen molar-refractivity contribution in [2.45, 2.75) is 63.6 Å². The number of nitrogens with zero attached hydrogens (tertiary/aromatic N) is 9. The number of ether oxygens (including phenoxy) is 3. The number of aromatic nitrogens is 7. The van der Waals surface area contributed by atoms with E-state index in [9.17, 15) is 18.0 Å². The van der Waals surface area contributed by atoms with Crippen LogP contribution in [0.2, 0.25) is 0 Å². The summed E-state index contributed by atoms with van der Waals surface area (Å²) in [5.41, 5.74) is 4.42. The number of amides is 1. The Hall–Kier alpha value is -5.29. The van der Waals surface area contributed by atoms with Gasteiger partial charge in [0.25, 0.3) is 5.91 Å². The molecule has 1 aliphatic carbocycles. The van der Waals surface area contributed by atoms with Crippen LogP contribution in [-0.2, 0) is 9.53 Å². The molecule has 1 spiro atoms. The number of carbonyl (C=O) groups excluding carboxylic acids is 1. The summed E-state index contributed by atoms with van der Waals surface area (Å²) in [7, 11) is 1.69. The van der Waals surface area contributed by atoms with Gasteiger partial charge in [-0.3, -0.25) is 9.89 Å². The molecule has 0 bridgehead atoms. The molecule has 17 heteroatoms. The zero-order valence-corrected chi connectivity index (χ0v) is 32.7. The van der Waals surface area contributed by atoms with Crippen LogP contribution in [0.1, 0.15) is 55.6 Å². The first-order valence-electron chi connectivity index (χ1n) is 20.0. The van der Waals surface area contributed by atoms with Crippen molar-refractivity contribution in [2.75, 3.05) is 71.0 Å². The number of alkyl halides is 3. The van der Waals surface area contributed by atoms with E-state index >= 15 is 0 Å². The number of methoxy groups -OCH3 is 1. The Labute approximate surface area is 333 Å². The number of aryl methyl sites for hydroxylation is 1. The molecule has 14 nitrogen and oxygen atoms in total. The molecular weight excluding hydrogens is 754 g/mol. The molecule has 4 aliphatic rings. The van der Waals surface area contributed by atoms with Crippen LogP contribution in [0.4, 0.5) is 19.0 Å². The average molecular weight is 801 g/mol. The van der Waals surface area contributed by atoms with Crippen molar-refractivity contribution in [1.82, 2.24) is 44.7 Å². The third-order valence-corrected chi connectivity index (χ3v) is 12.2. The Morgan fingerprint density at radius 1 is 1.03 bits per heavy atom. The molecule has 306 valence electrons. The van der Waals surface area contributed by atoms with Gasteiger partial charge in [0, 0.05) is 74.7 Å². The Bertz CT molecular complexity index is 2320. The van der Waals surface area contributed by atoms with Gasteiger partial charge in [0.1, 0.15) is 35.8 Å². The molecule has 58 heavy (non-hydrogen) atoms. The number of piperidine rings is 2. The minimum Gasteiger partial charge on any atom is -0.481 e. The van der Waals surface area contributed by atoms with Crippen molar-refractivity contribution in [1.29, 1.82) is 0 Å². The first kappa shape index (κ1) is 38.2. The smallest absolute Gasteiger partial charge is 0.422 e. The lowest BCUT2D eigenvalue weighted by atomic mass is 9.72. The summed E-state index contributed by atoms with van der Waals surface area (Å²) >= 11 is 0. The van der Waals surface area contributed by atoms with E-state index in [1.54, 1.807) is 18.2 Å². The normalized spacial score (nSPS) is 18.9. The fourth-order valence-corrected chi connectivity index (χ4v) is 8.91. The van der Waals surface area contributed by atoms with E-state index < -0.39 is 12.8 Å². The quantitative estimate of drug-likeness (QED) is 0.149. The van der Waals surface area contributed by atoms with E-state index in [0.29, 0.717) is 49.6 Å². The highest BCUT2D eigenvalue weighted by molar-refractivity contribution is 6.12. The van der Waals surface area contributed by atoms with Crippen LogP contribution >= 0.6 is 0 Å². The second-order valence-corrected chi connectivity index (χ2v) is 16.2. The van der Waals surface area contributed by atoms with Crippen molar-refractivity contribution < 1.29 is 32.2 Å². The highest BCUT2D eigenvalue weighted by Crippen LogP contribution is 2.53. The molecule has 2 aromatic carbocycles. The fraction of sp³-hybridized carbons (Fsp3) is 0.512. The van der Waals surface area contributed by atoms with Crippen LogP contribution in [0.15, 0.2) is 43.6 Å². The zero-order chi connectivity index (χ0) is 40.2. The molecule has 0 unspecified atom stereocenters. The van der Waals surface area contributed by atoms with Gasteiger partial charge in [-0.1, -0.05) is 12.6 Å². The molecule has 1 N–H and O–H groups in total. The van der Waals surface area contributed by atoms with Crippen molar-refractivity contribution in [3.8, 4) is 22.9 Å². The number of halogens is 3. The number of H-pyrrole nitrogens is 1. The van der Waals surface area contributed by atoms with Crippen molar-refractivity contribution in [2.24, 2.45) is 5.41 Å². The Balaban J connectivity index is 1.10. The van der Waals surface area contributed by atoms with Gasteiger partial charge in [-0.2, -0.15) is 33.3 Å². The number of aromatic amines is 1. The zero-order valence-electron chi connectivity index (χ0n) is 32.7. The fourth-order valence-electron chi connectivity index (χ4n) is 8.91. The van der Waals surface area contributed by atoms with Crippen molar-refractivity contribution in [3.05, 3.63) is 54.8 Å². The number of benzene rings is 2. The molecular formula is C41H47F3N10O4. The summed E-state index contributed by atoms with van der Waals surface area (Å²) in [4.78, 5) is 33.5. The molecule has 3 aromatic heterocycles. The number of carbonyl (C=O) groups is 1. The first-order chi connectivity index (χ1) is 28.0.